The van der Waals surface area contributed by atoms with Gasteiger partial charge in [-0.2, -0.15) is 13.2 Å². The van der Waals surface area contributed by atoms with Crippen molar-refractivity contribution in [3.63, 3.8) is 0 Å². The molecular formula is C16H20F3N3OS. The van der Waals surface area contributed by atoms with Crippen molar-refractivity contribution in [2.75, 3.05) is 31.5 Å². The van der Waals surface area contributed by atoms with E-state index in [1.165, 1.54) is 17.4 Å². The SMILES string of the molecule is OC1CCN(CCCNc2nc3cc(C(F)(F)F)ccc3s2)CC1. The Morgan fingerprint density at radius 2 is 2.04 bits per heavy atom. The van der Waals surface area contributed by atoms with Crippen LogP contribution < -0.4 is 5.32 Å². The van der Waals surface area contributed by atoms with Gasteiger partial charge in [0.1, 0.15) is 0 Å². The Bertz CT molecular complexity index is 681. The molecule has 0 bridgehead atoms. The van der Waals surface area contributed by atoms with Crippen LogP contribution in [0.25, 0.3) is 10.2 Å². The summed E-state index contributed by atoms with van der Waals surface area (Å²) in [7, 11) is 0. The molecule has 4 nitrogen and oxygen atoms in total. The molecule has 0 atom stereocenters. The molecule has 0 spiro atoms. The number of thiazole rings is 1. The molecule has 8 heteroatoms. The fraction of sp³-hybridized carbons (Fsp3) is 0.562. The predicted octanol–water partition coefficient (Wildman–Crippen LogP) is 3.57. The van der Waals surface area contributed by atoms with E-state index in [4.69, 9.17) is 0 Å². The summed E-state index contributed by atoms with van der Waals surface area (Å²) in [6, 6.07) is 3.66. The molecule has 2 aromatic rings. The van der Waals surface area contributed by atoms with Gasteiger partial charge < -0.3 is 15.3 Å². The molecule has 24 heavy (non-hydrogen) atoms. The van der Waals surface area contributed by atoms with Crippen LogP contribution in [-0.4, -0.2) is 47.3 Å². The van der Waals surface area contributed by atoms with Gasteiger partial charge in [0.05, 0.1) is 21.9 Å². The van der Waals surface area contributed by atoms with Crippen molar-refractivity contribution in [3.8, 4) is 0 Å². The number of likely N-dealkylation sites (tertiary alicyclic amines) is 1. The molecule has 3 rings (SSSR count). The first-order valence-corrected chi connectivity index (χ1v) is 8.85. The van der Waals surface area contributed by atoms with E-state index in [1.54, 1.807) is 0 Å². The van der Waals surface area contributed by atoms with Crippen LogP contribution in [0.15, 0.2) is 18.2 Å². The highest BCUT2D eigenvalue weighted by Gasteiger charge is 2.30. The summed E-state index contributed by atoms with van der Waals surface area (Å²) in [6.07, 6.45) is -1.92. The molecule has 1 aliphatic rings. The minimum absolute atomic E-state index is 0.163. The number of nitrogens with one attached hydrogen (secondary N) is 1. The number of piperidine rings is 1. The molecule has 0 unspecified atom stereocenters. The first kappa shape index (κ1) is 17.4. The number of aliphatic hydroxyl groups is 1. The number of hydrogen-bond acceptors (Lipinski definition) is 5. The second-order valence-electron chi connectivity index (χ2n) is 6.05. The van der Waals surface area contributed by atoms with Gasteiger partial charge in [0.2, 0.25) is 0 Å². The van der Waals surface area contributed by atoms with E-state index < -0.39 is 11.7 Å². The number of aromatic nitrogens is 1. The molecule has 0 saturated carbocycles. The fourth-order valence-corrected chi connectivity index (χ4v) is 3.69. The Balaban J connectivity index is 1.50. The van der Waals surface area contributed by atoms with Crippen LogP contribution in [0.4, 0.5) is 18.3 Å². The van der Waals surface area contributed by atoms with Crippen molar-refractivity contribution in [2.24, 2.45) is 0 Å². The van der Waals surface area contributed by atoms with E-state index in [1.807, 2.05) is 0 Å². The smallest absolute Gasteiger partial charge is 0.393 e. The number of benzene rings is 1. The lowest BCUT2D eigenvalue weighted by molar-refractivity contribution is -0.137. The molecule has 0 aliphatic carbocycles. The zero-order valence-corrected chi connectivity index (χ0v) is 14.0. The van der Waals surface area contributed by atoms with Crippen molar-refractivity contribution in [1.82, 2.24) is 9.88 Å². The van der Waals surface area contributed by atoms with Crippen molar-refractivity contribution in [1.29, 1.82) is 0 Å². The molecule has 132 valence electrons. The van der Waals surface area contributed by atoms with Gasteiger partial charge in [0.25, 0.3) is 0 Å². The number of fused-ring (bicyclic) bond motifs is 1. The number of hydrogen-bond donors (Lipinski definition) is 2. The monoisotopic (exact) mass is 359 g/mol. The zero-order chi connectivity index (χ0) is 17.2. The minimum atomic E-state index is -4.34. The van der Waals surface area contributed by atoms with E-state index in [9.17, 15) is 18.3 Å². The molecule has 1 fully saturated rings. The molecular weight excluding hydrogens is 339 g/mol. The zero-order valence-electron chi connectivity index (χ0n) is 13.1. The van der Waals surface area contributed by atoms with Gasteiger partial charge in [-0.25, -0.2) is 4.98 Å². The van der Waals surface area contributed by atoms with Crippen LogP contribution in [0.1, 0.15) is 24.8 Å². The van der Waals surface area contributed by atoms with Gasteiger partial charge in [-0.1, -0.05) is 11.3 Å². The number of nitrogens with zero attached hydrogens (tertiary/aromatic N) is 2. The number of halogens is 3. The Hall–Kier alpha value is -1.38. The van der Waals surface area contributed by atoms with E-state index in [0.717, 1.165) is 62.3 Å². The van der Waals surface area contributed by atoms with Crippen LogP contribution in [0.2, 0.25) is 0 Å². The highest BCUT2D eigenvalue weighted by Crippen LogP contribution is 2.33. The lowest BCUT2D eigenvalue weighted by Crippen LogP contribution is -2.36. The first-order chi connectivity index (χ1) is 11.4. The van der Waals surface area contributed by atoms with E-state index in [0.29, 0.717) is 10.6 Å². The molecule has 1 aromatic heterocycles. The molecule has 0 amide bonds. The lowest BCUT2D eigenvalue weighted by atomic mass is 10.1. The van der Waals surface area contributed by atoms with Gasteiger partial charge in [-0.3, -0.25) is 0 Å². The van der Waals surface area contributed by atoms with E-state index >= 15 is 0 Å². The van der Waals surface area contributed by atoms with Gasteiger partial charge in [0, 0.05) is 19.6 Å². The molecule has 1 aliphatic heterocycles. The summed E-state index contributed by atoms with van der Waals surface area (Å²) >= 11 is 1.37. The van der Waals surface area contributed by atoms with Crippen LogP contribution in [0.5, 0.6) is 0 Å². The van der Waals surface area contributed by atoms with Gasteiger partial charge in [-0.05, 0) is 44.0 Å². The number of aliphatic hydroxyl groups excluding tert-OH is 1. The van der Waals surface area contributed by atoms with Crippen molar-refractivity contribution < 1.29 is 18.3 Å². The second-order valence-corrected chi connectivity index (χ2v) is 7.08. The van der Waals surface area contributed by atoms with Crippen LogP contribution in [-0.2, 0) is 6.18 Å². The van der Waals surface area contributed by atoms with Crippen molar-refractivity contribution >= 4 is 26.7 Å². The molecule has 2 N–H and O–H groups in total. The summed E-state index contributed by atoms with van der Waals surface area (Å²) in [4.78, 5) is 6.56. The maximum Gasteiger partial charge on any atom is 0.416 e. The van der Waals surface area contributed by atoms with E-state index in [2.05, 4.69) is 15.2 Å². The molecule has 2 heterocycles. The van der Waals surface area contributed by atoms with Crippen molar-refractivity contribution in [2.45, 2.75) is 31.5 Å². The van der Waals surface area contributed by atoms with E-state index in [-0.39, 0.29) is 6.10 Å². The topological polar surface area (TPSA) is 48.4 Å². The average molecular weight is 359 g/mol. The Labute approximate surface area is 142 Å². The van der Waals surface area contributed by atoms with Gasteiger partial charge in [0.15, 0.2) is 5.13 Å². The Morgan fingerprint density at radius 1 is 1.29 bits per heavy atom. The third-order valence-corrected chi connectivity index (χ3v) is 5.19. The normalized spacial score (nSPS) is 17.5. The Kier molecular flexibility index (Phi) is 5.27. The second kappa shape index (κ2) is 7.25. The summed E-state index contributed by atoms with van der Waals surface area (Å²) in [5.74, 6) is 0. The molecule has 1 aromatic carbocycles. The minimum Gasteiger partial charge on any atom is -0.393 e. The standard InChI is InChI=1S/C16H20F3N3OS/c17-16(18,19)11-2-3-14-13(10-11)21-15(24-14)20-6-1-7-22-8-4-12(23)5-9-22/h2-3,10,12,23H,1,4-9H2,(H,20,21). The lowest BCUT2D eigenvalue weighted by Gasteiger charge is -2.29. The average Bonchev–Trinajstić information content (AvgIpc) is 2.94. The van der Waals surface area contributed by atoms with Crippen LogP contribution >= 0.6 is 11.3 Å². The predicted molar refractivity (Wildman–Crippen MR) is 89.4 cm³/mol. The number of alkyl halides is 3. The van der Waals surface area contributed by atoms with Crippen LogP contribution in [0, 0.1) is 0 Å². The first-order valence-electron chi connectivity index (χ1n) is 8.04. The summed E-state index contributed by atoms with van der Waals surface area (Å²) < 4.78 is 38.9. The third kappa shape index (κ3) is 4.37. The molecule has 0 radical (unpaired) electrons. The Morgan fingerprint density at radius 3 is 2.75 bits per heavy atom. The number of anilines is 1. The van der Waals surface area contributed by atoms with Crippen LogP contribution in [0.3, 0.4) is 0 Å². The highest BCUT2D eigenvalue weighted by atomic mass is 32.1. The summed E-state index contributed by atoms with van der Waals surface area (Å²) in [5, 5.41) is 13.3. The number of rotatable bonds is 5. The quantitative estimate of drug-likeness (QED) is 0.802. The largest absolute Gasteiger partial charge is 0.416 e. The highest BCUT2D eigenvalue weighted by molar-refractivity contribution is 7.22. The summed E-state index contributed by atoms with van der Waals surface area (Å²) in [6.45, 7) is 3.51. The molecule has 1 saturated heterocycles. The van der Waals surface area contributed by atoms with Gasteiger partial charge >= 0.3 is 6.18 Å². The summed E-state index contributed by atoms with van der Waals surface area (Å²) in [5.41, 5.74) is -0.290. The van der Waals surface area contributed by atoms with Gasteiger partial charge in [-0.15, -0.1) is 0 Å². The maximum absolute atomic E-state index is 12.7. The fourth-order valence-electron chi connectivity index (χ4n) is 2.82. The van der Waals surface area contributed by atoms with Crippen molar-refractivity contribution in [3.05, 3.63) is 23.8 Å². The maximum atomic E-state index is 12.7. The third-order valence-electron chi connectivity index (χ3n) is 4.20.